The third-order valence-electron chi connectivity index (χ3n) is 3.11. The summed E-state index contributed by atoms with van der Waals surface area (Å²) < 4.78 is 0. The molecule has 5 heteroatoms. The van der Waals surface area contributed by atoms with Crippen molar-refractivity contribution in [2.24, 2.45) is 5.92 Å². The monoisotopic (exact) mass is 278 g/mol. The summed E-state index contributed by atoms with van der Waals surface area (Å²) in [7, 11) is 1.63. The Kier molecular flexibility index (Phi) is 5.13. The first kappa shape index (κ1) is 16.0. The Labute approximate surface area is 119 Å². The maximum atomic E-state index is 12.1. The van der Waals surface area contributed by atoms with E-state index in [0.29, 0.717) is 0 Å². The minimum Gasteiger partial charge on any atom is -0.480 e. The van der Waals surface area contributed by atoms with Gasteiger partial charge in [-0.05, 0) is 43.0 Å². The van der Waals surface area contributed by atoms with E-state index in [2.05, 4.69) is 5.32 Å². The molecule has 0 bridgehead atoms. The SMILES string of the molecule is Cc1cc(C)cc(N(C)C(=O)NC(C(=O)O)C(C)C)c1. The second kappa shape index (κ2) is 6.41. The van der Waals surface area contributed by atoms with Crippen molar-refractivity contribution in [3.63, 3.8) is 0 Å². The number of carboxylic acids is 1. The number of hydrogen-bond donors (Lipinski definition) is 2. The number of rotatable bonds is 4. The van der Waals surface area contributed by atoms with Gasteiger partial charge in [-0.1, -0.05) is 19.9 Å². The van der Waals surface area contributed by atoms with E-state index < -0.39 is 18.0 Å². The van der Waals surface area contributed by atoms with E-state index in [1.165, 1.54) is 4.90 Å². The summed E-state index contributed by atoms with van der Waals surface area (Å²) in [5.74, 6) is -1.20. The fourth-order valence-corrected chi connectivity index (χ4v) is 2.00. The van der Waals surface area contributed by atoms with Crippen molar-refractivity contribution in [3.05, 3.63) is 29.3 Å². The van der Waals surface area contributed by atoms with Crippen LogP contribution in [-0.2, 0) is 4.79 Å². The van der Waals surface area contributed by atoms with E-state index in [4.69, 9.17) is 5.11 Å². The number of benzene rings is 1. The number of aryl methyl sites for hydroxylation is 2. The van der Waals surface area contributed by atoms with Crippen molar-refractivity contribution < 1.29 is 14.7 Å². The molecule has 1 aromatic rings. The number of nitrogens with zero attached hydrogens (tertiary/aromatic N) is 1. The summed E-state index contributed by atoms with van der Waals surface area (Å²) in [4.78, 5) is 24.7. The standard InChI is InChI=1S/C15H22N2O3/c1-9(2)13(14(18)19)16-15(20)17(5)12-7-10(3)6-11(4)8-12/h6-9,13H,1-5H3,(H,16,20)(H,18,19). The van der Waals surface area contributed by atoms with Crippen molar-refractivity contribution >= 4 is 17.7 Å². The zero-order valence-electron chi connectivity index (χ0n) is 12.6. The van der Waals surface area contributed by atoms with Gasteiger partial charge in [-0.3, -0.25) is 4.90 Å². The highest BCUT2D eigenvalue weighted by atomic mass is 16.4. The van der Waals surface area contributed by atoms with Crippen LogP contribution in [0.3, 0.4) is 0 Å². The van der Waals surface area contributed by atoms with Crippen molar-refractivity contribution in [3.8, 4) is 0 Å². The predicted molar refractivity (Wildman–Crippen MR) is 79.1 cm³/mol. The summed E-state index contributed by atoms with van der Waals surface area (Å²) >= 11 is 0. The van der Waals surface area contributed by atoms with Crippen LogP contribution in [0.5, 0.6) is 0 Å². The molecule has 0 aliphatic carbocycles. The minimum absolute atomic E-state index is 0.177. The largest absolute Gasteiger partial charge is 0.480 e. The van der Waals surface area contributed by atoms with Crippen LogP contribution in [0.15, 0.2) is 18.2 Å². The van der Waals surface area contributed by atoms with E-state index in [1.807, 2.05) is 32.0 Å². The molecule has 0 aliphatic heterocycles. The molecule has 0 saturated heterocycles. The number of urea groups is 1. The van der Waals surface area contributed by atoms with Crippen LogP contribution in [0.1, 0.15) is 25.0 Å². The second-order valence-corrected chi connectivity index (χ2v) is 5.41. The normalized spacial score (nSPS) is 12.1. The molecular weight excluding hydrogens is 256 g/mol. The Bertz CT molecular complexity index is 492. The number of aliphatic carboxylic acids is 1. The molecule has 2 amide bonds. The predicted octanol–water partition coefficient (Wildman–Crippen LogP) is 2.56. The lowest BCUT2D eigenvalue weighted by Crippen LogP contribution is -2.49. The van der Waals surface area contributed by atoms with Gasteiger partial charge < -0.3 is 10.4 Å². The average Bonchev–Trinajstić information content (AvgIpc) is 2.32. The van der Waals surface area contributed by atoms with Gasteiger partial charge in [-0.15, -0.1) is 0 Å². The topological polar surface area (TPSA) is 69.6 Å². The van der Waals surface area contributed by atoms with E-state index in [1.54, 1.807) is 20.9 Å². The lowest BCUT2D eigenvalue weighted by atomic mass is 10.1. The van der Waals surface area contributed by atoms with Crippen LogP contribution in [0.25, 0.3) is 0 Å². The molecule has 0 aliphatic rings. The first-order chi connectivity index (χ1) is 9.22. The van der Waals surface area contributed by atoms with Crippen LogP contribution >= 0.6 is 0 Å². The van der Waals surface area contributed by atoms with Gasteiger partial charge >= 0.3 is 12.0 Å². The van der Waals surface area contributed by atoms with Crippen molar-refractivity contribution in [2.75, 3.05) is 11.9 Å². The number of hydrogen-bond acceptors (Lipinski definition) is 2. The molecule has 0 spiro atoms. The third-order valence-corrected chi connectivity index (χ3v) is 3.11. The number of carbonyl (C=O) groups is 2. The first-order valence-electron chi connectivity index (χ1n) is 6.57. The Morgan fingerprint density at radius 3 is 2.05 bits per heavy atom. The highest BCUT2D eigenvalue weighted by molar-refractivity contribution is 5.94. The maximum absolute atomic E-state index is 12.1. The van der Waals surface area contributed by atoms with E-state index in [0.717, 1.165) is 16.8 Å². The summed E-state index contributed by atoms with van der Waals surface area (Å²) in [6.07, 6.45) is 0. The molecule has 1 atom stereocenters. The lowest BCUT2D eigenvalue weighted by molar-refractivity contribution is -0.140. The lowest BCUT2D eigenvalue weighted by Gasteiger charge is -2.24. The van der Waals surface area contributed by atoms with Gasteiger partial charge in [0.25, 0.3) is 0 Å². The molecule has 0 heterocycles. The number of carboxylic acid groups (broad SMARTS) is 1. The zero-order valence-corrected chi connectivity index (χ0v) is 12.6. The highest BCUT2D eigenvalue weighted by Gasteiger charge is 2.25. The van der Waals surface area contributed by atoms with Crippen molar-refractivity contribution in [1.82, 2.24) is 5.32 Å². The number of amides is 2. The Balaban J connectivity index is 2.88. The van der Waals surface area contributed by atoms with Crippen LogP contribution in [0.4, 0.5) is 10.5 Å². The molecule has 0 aromatic heterocycles. The van der Waals surface area contributed by atoms with E-state index in [-0.39, 0.29) is 5.92 Å². The number of nitrogens with one attached hydrogen (secondary N) is 1. The summed E-state index contributed by atoms with van der Waals surface area (Å²) in [5, 5.41) is 11.6. The molecule has 0 saturated carbocycles. The van der Waals surface area contributed by atoms with E-state index in [9.17, 15) is 9.59 Å². The molecule has 0 radical (unpaired) electrons. The van der Waals surface area contributed by atoms with Crippen LogP contribution in [-0.4, -0.2) is 30.2 Å². The van der Waals surface area contributed by atoms with Crippen molar-refractivity contribution in [1.29, 1.82) is 0 Å². The Morgan fingerprint density at radius 2 is 1.65 bits per heavy atom. The van der Waals surface area contributed by atoms with Gasteiger partial charge in [0.2, 0.25) is 0 Å². The number of anilines is 1. The molecule has 1 unspecified atom stereocenters. The molecule has 1 rings (SSSR count). The van der Waals surface area contributed by atoms with Crippen LogP contribution < -0.4 is 10.2 Å². The maximum Gasteiger partial charge on any atom is 0.326 e. The van der Waals surface area contributed by atoms with Crippen molar-refractivity contribution in [2.45, 2.75) is 33.7 Å². The minimum atomic E-state index is -1.03. The molecule has 5 nitrogen and oxygen atoms in total. The van der Waals surface area contributed by atoms with Gasteiger partial charge in [0, 0.05) is 12.7 Å². The van der Waals surface area contributed by atoms with Gasteiger partial charge in [0.1, 0.15) is 6.04 Å². The van der Waals surface area contributed by atoms with Gasteiger partial charge in [-0.2, -0.15) is 0 Å². The highest BCUT2D eigenvalue weighted by Crippen LogP contribution is 2.18. The quantitative estimate of drug-likeness (QED) is 0.889. The fraction of sp³-hybridized carbons (Fsp3) is 0.467. The molecule has 0 fully saturated rings. The molecule has 1 aromatic carbocycles. The molecule has 20 heavy (non-hydrogen) atoms. The third kappa shape index (κ3) is 3.98. The van der Waals surface area contributed by atoms with Crippen LogP contribution in [0.2, 0.25) is 0 Å². The Morgan fingerprint density at radius 1 is 1.15 bits per heavy atom. The first-order valence-corrected chi connectivity index (χ1v) is 6.57. The Hall–Kier alpha value is -2.04. The summed E-state index contributed by atoms with van der Waals surface area (Å²) in [5.41, 5.74) is 2.85. The van der Waals surface area contributed by atoms with Gasteiger partial charge in [0.15, 0.2) is 0 Å². The van der Waals surface area contributed by atoms with E-state index >= 15 is 0 Å². The fourth-order valence-electron chi connectivity index (χ4n) is 2.00. The average molecular weight is 278 g/mol. The van der Waals surface area contributed by atoms with Gasteiger partial charge in [0.05, 0.1) is 0 Å². The molecule has 110 valence electrons. The molecule has 2 N–H and O–H groups in total. The smallest absolute Gasteiger partial charge is 0.326 e. The summed E-state index contributed by atoms with van der Waals surface area (Å²) in [6, 6.07) is 4.48. The summed E-state index contributed by atoms with van der Waals surface area (Å²) in [6.45, 7) is 7.43. The second-order valence-electron chi connectivity index (χ2n) is 5.41. The van der Waals surface area contributed by atoms with Crippen LogP contribution in [0, 0.1) is 19.8 Å². The van der Waals surface area contributed by atoms with Gasteiger partial charge in [-0.25, -0.2) is 9.59 Å². The zero-order chi connectivity index (χ0) is 15.4. The number of carbonyl (C=O) groups excluding carboxylic acids is 1. The molecular formula is C15H22N2O3.